The van der Waals surface area contributed by atoms with E-state index in [9.17, 15) is 9.90 Å². The molecule has 0 radical (unpaired) electrons. The highest BCUT2D eigenvalue weighted by molar-refractivity contribution is 6.34. The van der Waals surface area contributed by atoms with Gasteiger partial charge in [0.25, 0.3) is 5.91 Å². The van der Waals surface area contributed by atoms with Crippen molar-refractivity contribution in [3.8, 4) is 0 Å². The predicted octanol–water partition coefficient (Wildman–Crippen LogP) is 3.44. The molecular weight excluding hydrogens is 430 g/mol. The summed E-state index contributed by atoms with van der Waals surface area (Å²) in [5, 5.41) is 23.3. The van der Waals surface area contributed by atoms with Crippen LogP contribution in [0.25, 0.3) is 5.52 Å². The van der Waals surface area contributed by atoms with Crippen LogP contribution >= 0.6 is 11.6 Å². The third kappa shape index (κ3) is 3.95. The van der Waals surface area contributed by atoms with Crippen LogP contribution in [0.4, 0.5) is 11.6 Å². The lowest BCUT2D eigenvalue weighted by molar-refractivity contribution is -0.149. The molecule has 2 aliphatic rings. The SMILES string of the molecule is Cc1nn(C2CCN(C(=O)C(C)(C)O)CC2)cc1Nc1ncc2c(Cl)cc(C3CC3)n2n1. The minimum atomic E-state index is -1.34. The van der Waals surface area contributed by atoms with Gasteiger partial charge in [-0.1, -0.05) is 11.6 Å². The smallest absolute Gasteiger partial charge is 0.253 e. The summed E-state index contributed by atoms with van der Waals surface area (Å²) in [6.07, 6.45) is 7.64. The lowest BCUT2D eigenvalue weighted by atomic mass is 10.0. The number of carbonyl (C=O) groups is 1. The Bertz CT molecular complexity index is 1170. The number of likely N-dealkylation sites (tertiary alicyclic amines) is 1. The van der Waals surface area contributed by atoms with Crippen LogP contribution in [0.1, 0.15) is 62.9 Å². The molecule has 0 atom stereocenters. The molecule has 5 rings (SSSR count). The summed E-state index contributed by atoms with van der Waals surface area (Å²) < 4.78 is 3.86. The van der Waals surface area contributed by atoms with Crippen LogP contribution < -0.4 is 5.32 Å². The van der Waals surface area contributed by atoms with Gasteiger partial charge in [0, 0.05) is 30.9 Å². The van der Waals surface area contributed by atoms with E-state index >= 15 is 0 Å². The van der Waals surface area contributed by atoms with E-state index in [2.05, 4.69) is 20.5 Å². The molecule has 1 aliphatic carbocycles. The first-order valence-corrected chi connectivity index (χ1v) is 11.5. The van der Waals surface area contributed by atoms with E-state index in [0.717, 1.165) is 35.4 Å². The molecule has 3 aromatic rings. The van der Waals surface area contributed by atoms with E-state index in [1.807, 2.05) is 28.4 Å². The summed E-state index contributed by atoms with van der Waals surface area (Å²) >= 11 is 6.36. The Morgan fingerprint density at radius 2 is 1.94 bits per heavy atom. The van der Waals surface area contributed by atoms with Gasteiger partial charge in [-0.25, -0.2) is 9.50 Å². The largest absolute Gasteiger partial charge is 0.381 e. The minimum absolute atomic E-state index is 0.197. The van der Waals surface area contributed by atoms with Crippen LogP contribution in [0.5, 0.6) is 0 Å². The summed E-state index contributed by atoms with van der Waals surface area (Å²) in [6, 6.07) is 2.19. The Labute approximate surface area is 191 Å². The van der Waals surface area contributed by atoms with Crippen molar-refractivity contribution in [1.29, 1.82) is 0 Å². The van der Waals surface area contributed by atoms with Gasteiger partial charge in [-0.2, -0.15) is 5.10 Å². The van der Waals surface area contributed by atoms with Gasteiger partial charge in [-0.3, -0.25) is 9.48 Å². The first-order valence-electron chi connectivity index (χ1n) is 11.1. The van der Waals surface area contributed by atoms with E-state index in [1.165, 1.54) is 26.7 Å². The molecule has 3 aromatic heterocycles. The van der Waals surface area contributed by atoms with Gasteiger partial charge in [-0.05, 0) is 52.5 Å². The lowest BCUT2D eigenvalue weighted by Gasteiger charge is -2.35. The number of aliphatic hydroxyl groups is 1. The second kappa shape index (κ2) is 7.74. The summed E-state index contributed by atoms with van der Waals surface area (Å²) in [4.78, 5) is 18.5. The van der Waals surface area contributed by atoms with Gasteiger partial charge in [0.1, 0.15) is 11.1 Å². The van der Waals surface area contributed by atoms with Crippen LogP contribution in [-0.2, 0) is 4.79 Å². The van der Waals surface area contributed by atoms with Gasteiger partial charge in [0.15, 0.2) is 0 Å². The first-order chi connectivity index (χ1) is 15.2. The Hall–Kier alpha value is -2.65. The van der Waals surface area contributed by atoms with Gasteiger partial charge in [-0.15, -0.1) is 5.10 Å². The molecule has 0 bridgehead atoms. The standard InChI is InChI=1S/C22H28ClN7O2/c1-13-17(12-29(26-13)15-6-8-28(9-7-15)20(31)22(2,3)32)25-21-24-11-19-16(23)10-18(14-4-5-14)30(19)27-21/h10-12,14-15,32H,4-9H2,1-3H3,(H,25,27). The van der Waals surface area contributed by atoms with E-state index in [4.69, 9.17) is 11.6 Å². The maximum Gasteiger partial charge on any atom is 0.253 e. The van der Waals surface area contributed by atoms with Crippen molar-refractivity contribution in [2.75, 3.05) is 18.4 Å². The molecule has 1 amide bonds. The highest BCUT2D eigenvalue weighted by Gasteiger charge is 2.33. The number of hydrogen-bond donors (Lipinski definition) is 2. The van der Waals surface area contributed by atoms with Crippen molar-refractivity contribution in [3.63, 3.8) is 0 Å². The Balaban J connectivity index is 1.30. The van der Waals surface area contributed by atoms with Gasteiger partial charge < -0.3 is 15.3 Å². The molecule has 2 N–H and O–H groups in total. The number of aryl methyl sites for hydroxylation is 1. The predicted molar refractivity (Wildman–Crippen MR) is 121 cm³/mol. The zero-order valence-corrected chi connectivity index (χ0v) is 19.3. The Kier molecular flexibility index (Phi) is 5.13. The van der Waals surface area contributed by atoms with Crippen molar-refractivity contribution < 1.29 is 9.90 Å². The van der Waals surface area contributed by atoms with E-state index in [1.54, 1.807) is 11.1 Å². The number of fused-ring (bicyclic) bond motifs is 1. The van der Waals surface area contributed by atoms with Crippen molar-refractivity contribution in [2.45, 2.75) is 64.0 Å². The second-order valence-electron chi connectivity index (χ2n) is 9.39. The highest BCUT2D eigenvalue weighted by atomic mass is 35.5. The summed E-state index contributed by atoms with van der Waals surface area (Å²) in [5.74, 6) is 0.800. The number of rotatable bonds is 5. The molecule has 1 aliphatic heterocycles. The molecule has 2 fully saturated rings. The molecule has 1 saturated heterocycles. The fourth-order valence-corrected chi connectivity index (χ4v) is 4.58. The maximum atomic E-state index is 12.3. The van der Waals surface area contributed by atoms with E-state index < -0.39 is 5.60 Å². The zero-order valence-electron chi connectivity index (χ0n) is 18.5. The van der Waals surface area contributed by atoms with E-state index in [0.29, 0.717) is 30.0 Å². The topological polar surface area (TPSA) is 101 Å². The molecule has 0 unspecified atom stereocenters. The summed E-state index contributed by atoms with van der Waals surface area (Å²) in [5.41, 5.74) is 2.33. The summed E-state index contributed by atoms with van der Waals surface area (Å²) in [7, 11) is 0. The second-order valence-corrected chi connectivity index (χ2v) is 9.79. The molecule has 1 saturated carbocycles. The van der Waals surface area contributed by atoms with Crippen molar-refractivity contribution in [3.05, 3.63) is 34.9 Å². The number of amides is 1. The molecule has 0 spiro atoms. The third-order valence-corrected chi connectivity index (χ3v) is 6.61. The van der Waals surface area contributed by atoms with Crippen molar-refractivity contribution >= 4 is 34.7 Å². The minimum Gasteiger partial charge on any atom is -0.381 e. The Morgan fingerprint density at radius 3 is 2.59 bits per heavy atom. The lowest BCUT2D eigenvalue weighted by Crippen LogP contribution is -2.48. The van der Waals surface area contributed by atoms with Crippen LogP contribution in [0, 0.1) is 6.92 Å². The van der Waals surface area contributed by atoms with Crippen LogP contribution in [0.15, 0.2) is 18.5 Å². The van der Waals surface area contributed by atoms with Gasteiger partial charge in [0.05, 0.1) is 28.6 Å². The molecular formula is C22H28ClN7O2. The number of nitrogens with zero attached hydrogens (tertiary/aromatic N) is 6. The number of carbonyl (C=O) groups excluding carboxylic acids is 1. The third-order valence-electron chi connectivity index (χ3n) is 6.30. The van der Waals surface area contributed by atoms with Crippen LogP contribution in [-0.4, -0.2) is 59.0 Å². The molecule has 9 nitrogen and oxygen atoms in total. The monoisotopic (exact) mass is 457 g/mol. The first kappa shape index (κ1) is 21.2. The number of aromatic nitrogens is 5. The maximum absolute atomic E-state index is 12.3. The molecule has 170 valence electrons. The van der Waals surface area contributed by atoms with Crippen molar-refractivity contribution in [1.82, 2.24) is 29.3 Å². The van der Waals surface area contributed by atoms with Gasteiger partial charge >= 0.3 is 0 Å². The average molecular weight is 458 g/mol. The molecule has 0 aromatic carbocycles. The number of nitrogens with one attached hydrogen (secondary N) is 1. The van der Waals surface area contributed by atoms with Crippen LogP contribution in [0.2, 0.25) is 5.02 Å². The average Bonchev–Trinajstić information content (AvgIpc) is 3.47. The molecule has 4 heterocycles. The van der Waals surface area contributed by atoms with Crippen LogP contribution in [0.3, 0.4) is 0 Å². The Morgan fingerprint density at radius 1 is 1.22 bits per heavy atom. The number of halogens is 1. The van der Waals surface area contributed by atoms with E-state index in [-0.39, 0.29) is 11.9 Å². The molecule has 32 heavy (non-hydrogen) atoms. The number of hydrogen-bond acceptors (Lipinski definition) is 6. The fraction of sp³-hybridized carbons (Fsp3) is 0.545. The van der Waals surface area contributed by atoms with Gasteiger partial charge in [0.2, 0.25) is 5.95 Å². The quantitative estimate of drug-likeness (QED) is 0.608. The highest BCUT2D eigenvalue weighted by Crippen LogP contribution is 2.42. The molecule has 10 heteroatoms. The zero-order chi connectivity index (χ0) is 22.6. The normalized spacial score (nSPS) is 17.8. The number of piperidine rings is 1. The number of anilines is 2. The summed E-state index contributed by atoms with van der Waals surface area (Å²) in [6.45, 7) is 6.23. The van der Waals surface area contributed by atoms with Crippen molar-refractivity contribution in [2.24, 2.45) is 0 Å². The fourth-order valence-electron chi connectivity index (χ4n) is 4.34.